The summed E-state index contributed by atoms with van der Waals surface area (Å²) in [6.07, 6.45) is 0.222. The lowest BCUT2D eigenvalue weighted by Gasteiger charge is -1.71. The van der Waals surface area contributed by atoms with E-state index in [4.69, 9.17) is 15.0 Å². The minimum atomic E-state index is -0.745. The third-order valence-electron chi connectivity index (χ3n) is 0.302. The molecule has 0 fully saturated rings. The largest absolute Gasteiger partial charge is 0.483 e. The van der Waals surface area contributed by atoms with E-state index in [0.29, 0.717) is 0 Å². The van der Waals surface area contributed by atoms with Gasteiger partial charge in [-0.1, -0.05) is 6.92 Å². The first-order chi connectivity index (χ1) is 5.10. The van der Waals surface area contributed by atoms with E-state index in [0.717, 1.165) is 0 Å². The maximum Gasteiger partial charge on any atom is 0.303 e. The molecule has 0 bridgehead atoms. The zero-order chi connectivity index (χ0) is 9.70. The van der Waals surface area contributed by atoms with Crippen molar-refractivity contribution in [1.29, 1.82) is 0 Å². The Hall–Kier alpha value is -1.18. The van der Waals surface area contributed by atoms with Gasteiger partial charge < -0.3 is 10.2 Å². The number of carboxylic acid groups (broad SMARTS) is 2. The number of carboxylic acids is 1. The summed E-state index contributed by atoms with van der Waals surface area (Å²) in [5.41, 5.74) is 0. The van der Waals surface area contributed by atoms with Crippen LogP contribution in [0.4, 0.5) is 0 Å². The fourth-order valence-electron chi connectivity index (χ4n) is 0. The van der Waals surface area contributed by atoms with Crippen LogP contribution in [0.2, 0.25) is 0 Å². The molecule has 0 aliphatic rings. The predicted octanol–water partition coefficient (Wildman–Crippen LogP) is -1.07. The highest BCUT2D eigenvalue weighted by Crippen LogP contribution is 1.67. The van der Waals surface area contributed by atoms with Crippen LogP contribution in [0.25, 0.3) is 0 Å². The molecule has 0 rings (SSSR count). The van der Waals surface area contributed by atoms with Gasteiger partial charge in [-0.25, -0.2) is 4.94 Å². The SMILES string of the molecule is CCC(=O)O.NON.O=CO. The average molecular weight is 168 g/mol. The molecule has 68 valence electrons. The molecule has 0 saturated heterocycles. The van der Waals surface area contributed by atoms with Gasteiger partial charge in [-0.2, -0.15) is 11.8 Å². The summed E-state index contributed by atoms with van der Waals surface area (Å²) in [6, 6.07) is 0. The van der Waals surface area contributed by atoms with E-state index in [9.17, 15) is 4.79 Å². The van der Waals surface area contributed by atoms with Crippen molar-refractivity contribution < 1.29 is 24.7 Å². The maximum absolute atomic E-state index is 9.37. The first kappa shape index (κ1) is 16.4. The van der Waals surface area contributed by atoms with E-state index in [-0.39, 0.29) is 12.9 Å². The summed E-state index contributed by atoms with van der Waals surface area (Å²) in [6.45, 7) is 1.35. The molecule has 0 radical (unpaired) electrons. The minimum absolute atomic E-state index is 0.222. The molecule has 7 heteroatoms. The second-order valence-electron chi connectivity index (χ2n) is 0.989. The summed E-state index contributed by atoms with van der Waals surface area (Å²) >= 11 is 0. The lowest BCUT2D eigenvalue weighted by atomic mass is 10.5. The first-order valence-electron chi connectivity index (χ1n) is 2.45. The van der Waals surface area contributed by atoms with Crippen LogP contribution in [0.5, 0.6) is 0 Å². The molecule has 0 saturated carbocycles. The van der Waals surface area contributed by atoms with Crippen LogP contribution < -0.4 is 11.8 Å². The Kier molecular flexibility index (Phi) is 34.7. The van der Waals surface area contributed by atoms with Crippen LogP contribution in [0, 0.1) is 0 Å². The Bertz CT molecular complexity index is 86.6. The van der Waals surface area contributed by atoms with Gasteiger partial charge in [-0.3, -0.25) is 9.59 Å². The summed E-state index contributed by atoms with van der Waals surface area (Å²) in [5, 5.41) is 14.6. The van der Waals surface area contributed by atoms with Gasteiger partial charge in [0.2, 0.25) is 0 Å². The lowest BCUT2D eigenvalue weighted by molar-refractivity contribution is -0.136. The van der Waals surface area contributed by atoms with Crippen LogP contribution in [0.3, 0.4) is 0 Å². The highest BCUT2D eigenvalue weighted by atomic mass is 16.7. The molecule has 0 aromatic rings. The molecular formula is C4H12N2O5. The number of nitrogens with two attached hydrogens (primary N) is 2. The Labute approximate surface area is 63.5 Å². The van der Waals surface area contributed by atoms with Gasteiger partial charge in [0.1, 0.15) is 0 Å². The molecule has 11 heavy (non-hydrogen) atoms. The van der Waals surface area contributed by atoms with Crippen LogP contribution >= 0.6 is 0 Å². The minimum Gasteiger partial charge on any atom is -0.483 e. The highest BCUT2D eigenvalue weighted by molar-refractivity contribution is 5.66. The van der Waals surface area contributed by atoms with E-state index < -0.39 is 5.97 Å². The van der Waals surface area contributed by atoms with E-state index in [2.05, 4.69) is 16.7 Å². The van der Waals surface area contributed by atoms with Crippen LogP contribution in [0.15, 0.2) is 0 Å². The van der Waals surface area contributed by atoms with Crippen molar-refractivity contribution in [2.24, 2.45) is 11.8 Å². The third-order valence-corrected chi connectivity index (χ3v) is 0.302. The Morgan fingerprint density at radius 2 is 1.73 bits per heavy atom. The lowest BCUT2D eigenvalue weighted by Crippen LogP contribution is -2.03. The Morgan fingerprint density at radius 3 is 1.73 bits per heavy atom. The maximum atomic E-state index is 9.37. The zero-order valence-corrected chi connectivity index (χ0v) is 6.06. The molecule has 0 spiro atoms. The normalized spacial score (nSPS) is 6.09. The van der Waals surface area contributed by atoms with E-state index in [1.165, 1.54) is 0 Å². The van der Waals surface area contributed by atoms with Gasteiger partial charge >= 0.3 is 5.97 Å². The number of rotatable bonds is 1. The topological polar surface area (TPSA) is 136 Å². The third kappa shape index (κ3) is 610. The van der Waals surface area contributed by atoms with Crippen LogP contribution in [0.1, 0.15) is 13.3 Å². The zero-order valence-electron chi connectivity index (χ0n) is 6.06. The van der Waals surface area contributed by atoms with Gasteiger partial charge in [0.15, 0.2) is 0 Å². The summed E-state index contributed by atoms with van der Waals surface area (Å²) in [7, 11) is 0. The van der Waals surface area contributed by atoms with Crippen LogP contribution in [-0.4, -0.2) is 22.7 Å². The molecule has 0 amide bonds. The Morgan fingerprint density at radius 1 is 1.64 bits per heavy atom. The molecule has 0 aromatic carbocycles. The summed E-state index contributed by atoms with van der Waals surface area (Å²) in [5.74, 6) is 7.50. The second kappa shape index (κ2) is 23.2. The van der Waals surface area contributed by atoms with Crippen molar-refractivity contribution in [2.75, 3.05) is 0 Å². The second-order valence-corrected chi connectivity index (χ2v) is 0.989. The molecule has 0 atom stereocenters. The van der Waals surface area contributed by atoms with Gasteiger partial charge in [0.05, 0.1) is 0 Å². The van der Waals surface area contributed by atoms with Gasteiger partial charge in [0, 0.05) is 6.42 Å². The van der Waals surface area contributed by atoms with Crippen molar-refractivity contribution in [2.45, 2.75) is 13.3 Å². The van der Waals surface area contributed by atoms with E-state index >= 15 is 0 Å². The molecule has 0 aromatic heterocycles. The number of hydrogen-bond donors (Lipinski definition) is 4. The quantitative estimate of drug-likeness (QED) is 0.289. The number of hydrogen-bond acceptors (Lipinski definition) is 5. The van der Waals surface area contributed by atoms with E-state index in [1.807, 2.05) is 0 Å². The summed E-state index contributed by atoms with van der Waals surface area (Å²) in [4.78, 5) is 21.0. The molecule has 0 unspecified atom stereocenters. The smallest absolute Gasteiger partial charge is 0.303 e. The van der Waals surface area contributed by atoms with Gasteiger partial charge in [-0.15, -0.1) is 0 Å². The Balaban J connectivity index is -0.0000000933. The molecule has 0 aliphatic carbocycles. The van der Waals surface area contributed by atoms with Gasteiger partial charge in [0.25, 0.3) is 6.47 Å². The molecule has 7 nitrogen and oxygen atoms in total. The fourth-order valence-corrected chi connectivity index (χ4v) is 0. The number of carbonyl (C=O) groups is 2. The monoisotopic (exact) mass is 168 g/mol. The fraction of sp³-hybridized carbons (Fsp3) is 0.500. The standard InChI is InChI=1S/C3H6O2.CH2O2.H4N2O/c1-2-3(4)5;2-1-3;1-3-2/h2H2,1H3,(H,4,5);1H,(H,2,3);1-2H2. The summed E-state index contributed by atoms with van der Waals surface area (Å²) < 4.78 is 0. The average Bonchev–Trinajstić information content (AvgIpc) is 1.91. The first-order valence-corrected chi connectivity index (χ1v) is 2.45. The predicted molar refractivity (Wildman–Crippen MR) is 36.1 cm³/mol. The molecular weight excluding hydrogens is 156 g/mol. The van der Waals surface area contributed by atoms with Crippen LogP contribution in [-0.2, 0) is 14.5 Å². The van der Waals surface area contributed by atoms with Gasteiger partial charge in [-0.05, 0) is 0 Å². The molecule has 6 N–H and O–H groups in total. The molecule has 0 aliphatic heterocycles. The highest BCUT2D eigenvalue weighted by Gasteiger charge is 1.80. The van der Waals surface area contributed by atoms with E-state index in [1.54, 1.807) is 6.92 Å². The van der Waals surface area contributed by atoms with Crippen molar-refractivity contribution in [3.8, 4) is 0 Å². The van der Waals surface area contributed by atoms with Crippen molar-refractivity contribution in [3.63, 3.8) is 0 Å². The van der Waals surface area contributed by atoms with Crippen molar-refractivity contribution in [3.05, 3.63) is 0 Å². The van der Waals surface area contributed by atoms with Crippen molar-refractivity contribution in [1.82, 2.24) is 0 Å². The molecule has 0 heterocycles. The number of aliphatic carboxylic acids is 1. The van der Waals surface area contributed by atoms with Crippen molar-refractivity contribution >= 4 is 12.4 Å².